The van der Waals surface area contributed by atoms with E-state index in [9.17, 15) is 5.11 Å². The van der Waals surface area contributed by atoms with Gasteiger partial charge in [0.2, 0.25) is 5.75 Å². The standard InChI is InChI=1S/C18H23N3O3/c1-19-18(20-11-13-7-5-4-6-8-13)21-12-14-9-15(23-2)17(22)16(10-14)24-3/h4-10,22H,11-12H2,1-3H3,(H2,19,20,21). The predicted molar refractivity (Wildman–Crippen MR) is 94.7 cm³/mol. The van der Waals surface area contributed by atoms with Crippen LogP contribution in [0.1, 0.15) is 11.1 Å². The monoisotopic (exact) mass is 329 g/mol. The number of benzene rings is 2. The molecule has 0 aliphatic carbocycles. The number of hydrogen-bond acceptors (Lipinski definition) is 4. The van der Waals surface area contributed by atoms with E-state index in [-0.39, 0.29) is 5.75 Å². The number of aliphatic imine (C=N–C) groups is 1. The minimum absolute atomic E-state index is 0.00432. The SMILES string of the molecule is CN=C(NCc1ccccc1)NCc1cc(OC)c(O)c(OC)c1. The Balaban J connectivity index is 1.98. The van der Waals surface area contributed by atoms with Gasteiger partial charge in [-0.25, -0.2) is 0 Å². The van der Waals surface area contributed by atoms with Crippen molar-refractivity contribution >= 4 is 5.96 Å². The van der Waals surface area contributed by atoms with Crippen LogP contribution in [-0.2, 0) is 13.1 Å². The number of nitrogens with one attached hydrogen (secondary N) is 2. The number of aromatic hydroxyl groups is 1. The Morgan fingerprint density at radius 1 is 0.958 bits per heavy atom. The Morgan fingerprint density at radius 3 is 2.00 bits per heavy atom. The van der Waals surface area contributed by atoms with Crippen LogP contribution >= 0.6 is 0 Å². The molecule has 0 saturated heterocycles. The number of nitrogens with zero attached hydrogens (tertiary/aromatic N) is 1. The summed E-state index contributed by atoms with van der Waals surface area (Å²) in [6, 6.07) is 13.6. The molecule has 0 aromatic heterocycles. The number of phenolic OH excluding ortho intramolecular Hbond substituents is 1. The molecule has 128 valence electrons. The number of hydrogen-bond donors (Lipinski definition) is 3. The number of methoxy groups -OCH3 is 2. The summed E-state index contributed by atoms with van der Waals surface area (Å²) in [4.78, 5) is 4.20. The molecule has 6 heteroatoms. The van der Waals surface area contributed by atoms with Gasteiger partial charge < -0.3 is 25.2 Å². The van der Waals surface area contributed by atoms with Gasteiger partial charge in [0.1, 0.15) is 0 Å². The van der Waals surface area contributed by atoms with Crippen molar-refractivity contribution in [3.63, 3.8) is 0 Å². The molecule has 2 aromatic carbocycles. The van der Waals surface area contributed by atoms with Crippen molar-refractivity contribution in [3.05, 3.63) is 53.6 Å². The molecule has 0 amide bonds. The third-order valence-corrected chi connectivity index (χ3v) is 3.53. The minimum Gasteiger partial charge on any atom is -0.502 e. The maximum absolute atomic E-state index is 9.94. The molecule has 0 bridgehead atoms. The lowest BCUT2D eigenvalue weighted by Gasteiger charge is -2.14. The van der Waals surface area contributed by atoms with Gasteiger partial charge in [0.15, 0.2) is 17.5 Å². The van der Waals surface area contributed by atoms with E-state index in [0.29, 0.717) is 30.5 Å². The first-order valence-corrected chi connectivity index (χ1v) is 7.60. The molecule has 3 N–H and O–H groups in total. The van der Waals surface area contributed by atoms with Crippen LogP contribution in [-0.4, -0.2) is 32.3 Å². The molecule has 0 spiro atoms. The Labute approximate surface area is 142 Å². The summed E-state index contributed by atoms with van der Waals surface area (Å²) in [6.07, 6.45) is 0. The highest BCUT2D eigenvalue weighted by Gasteiger charge is 2.11. The van der Waals surface area contributed by atoms with Crippen LogP contribution < -0.4 is 20.1 Å². The Hall–Kier alpha value is -2.89. The normalized spacial score (nSPS) is 11.0. The van der Waals surface area contributed by atoms with Crippen LogP contribution in [0.25, 0.3) is 0 Å². The second-order valence-electron chi connectivity index (χ2n) is 5.11. The second-order valence-corrected chi connectivity index (χ2v) is 5.11. The first-order chi connectivity index (χ1) is 11.7. The van der Waals surface area contributed by atoms with E-state index in [1.165, 1.54) is 19.8 Å². The number of rotatable bonds is 6. The summed E-state index contributed by atoms with van der Waals surface area (Å²) in [5.41, 5.74) is 2.08. The number of ether oxygens (including phenoxy) is 2. The zero-order valence-electron chi connectivity index (χ0n) is 14.2. The van der Waals surface area contributed by atoms with Gasteiger partial charge in [-0.05, 0) is 23.3 Å². The largest absolute Gasteiger partial charge is 0.502 e. The molecule has 0 radical (unpaired) electrons. The second kappa shape index (κ2) is 8.67. The molecule has 24 heavy (non-hydrogen) atoms. The zero-order valence-corrected chi connectivity index (χ0v) is 14.2. The van der Waals surface area contributed by atoms with Gasteiger partial charge in [-0.1, -0.05) is 30.3 Å². The van der Waals surface area contributed by atoms with Gasteiger partial charge >= 0.3 is 0 Å². The molecule has 0 fully saturated rings. The topological polar surface area (TPSA) is 75.1 Å². The summed E-state index contributed by atoms with van der Waals surface area (Å²) in [7, 11) is 4.73. The fourth-order valence-electron chi connectivity index (χ4n) is 2.24. The highest BCUT2D eigenvalue weighted by atomic mass is 16.5. The maximum atomic E-state index is 9.94. The van der Waals surface area contributed by atoms with Gasteiger partial charge in [-0.2, -0.15) is 0 Å². The van der Waals surface area contributed by atoms with Crippen molar-refractivity contribution in [2.75, 3.05) is 21.3 Å². The van der Waals surface area contributed by atoms with Crippen molar-refractivity contribution in [3.8, 4) is 17.2 Å². The molecule has 0 aliphatic heterocycles. The highest BCUT2D eigenvalue weighted by Crippen LogP contribution is 2.36. The Morgan fingerprint density at radius 2 is 1.50 bits per heavy atom. The number of phenols is 1. The van der Waals surface area contributed by atoms with Crippen molar-refractivity contribution in [1.82, 2.24) is 10.6 Å². The van der Waals surface area contributed by atoms with Crippen LogP contribution in [0.4, 0.5) is 0 Å². The van der Waals surface area contributed by atoms with Crippen LogP contribution in [0.15, 0.2) is 47.5 Å². The number of guanidine groups is 1. The van der Waals surface area contributed by atoms with Crippen molar-refractivity contribution in [2.45, 2.75) is 13.1 Å². The fourth-order valence-corrected chi connectivity index (χ4v) is 2.24. The molecule has 0 atom stereocenters. The Bertz CT molecular complexity index is 662. The van der Waals surface area contributed by atoms with Crippen LogP contribution in [0.2, 0.25) is 0 Å². The van der Waals surface area contributed by atoms with E-state index in [1.807, 2.05) is 18.2 Å². The molecule has 0 aliphatic rings. The lowest BCUT2D eigenvalue weighted by Crippen LogP contribution is -2.36. The minimum atomic E-state index is -0.00432. The molecule has 2 rings (SSSR count). The molecular weight excluding hydrogens is 306 g/mol. The molecule has 0 saturated carbocycles. The van der Waals surface area contributed by atoms with E-state index < -0.39 is 0 Å². The highest BCUT2D eigenvalue weighted by molar-refractivity contribution is 5.79. The average molecular weight is 329 g/mol. The van der Waals surface area contributed by atoms with Gasteiger partial charge in [-0.3, -0.25) is 4.99 Å². The van der Waals surface area contributed by atoms with Crippen LogP contribution in [0.3, 0.4) is 0 Å². The molecular formula is C18H23N3O3. The molecule has 2 aromatic rings. The molecule has 6 nitrogen and oxygen atoms in total. The van der Waals surface area contributed by atoms with Crippen molar-refractivity contribution in [2.24, 2.45) is 4.99 Å². The summed E-state index contributed by atoms with van der Waals surface area (Å²) in [5.74, 6) is 1.43. The van der Waals surface area contributed by atoms with Crippen molar-refractivity contribution < 1.29 is 14.6 Å². The van der Waals surface area contributed by atoms with Gasteiger partial charge in [0.05, 0.1) is 14.2 Å². The van der Waals surface area contributed by atoms with E-state index in [0.717, 1.165) is 5.56 Å². The predicted octanol–water partition coefficient (Wildman–Crippen LogP) is 2.27. The fraction of sp³-hybridized carbons (Fsp3) is 0.278. The summed E-state index contributed by atoms with van der Waals surface area (Å²) < 4.78 is 10.3. The van der Waals surface area contributed by atoms with Gasteiger partial charge in [0, 0.05) is 20.1 Å². The lowest BCUT2D eigenvalue weighted by atomic mass is 10.2. The van der Waals surface area contributed by atoms with Gasteiger partial charge in [-0.15, -0.1) is 0 Å². The molecule has 0 unspecified atom stereocenters. The summed E-state index contributed by atoms with van der Waals surface area (Å²) in [5, 5.41) is 16.4. The smallest absolute Gasteiger partial charge is 0.200 e. The first kappa shape index (κ1) is 17.5. The third kappa shape index (κ3) is 4.55. The maximum Gasteiger partial charge on any atom is 0.200 e. The van der Waals surface area contributed by atoms with Gasteiger partial charge in [0.25, 0.3) is 0 Å². The molecule has 0 heterocycles. The first-order valence-electron chi connectivity index (χ1n) is 7.60. The lowest BCUT2D eigenvalue weighted by molar-refractivity contribution is 0.339. The third-order valence-electron chi connectivity index (χ3n) is 3.53. The van der Waals surface area contributed by atoms with Crippen molar-refractivity contribution in [1.29, 1.82) is 0 Å². The van der Waals surface area contributed by atoms with E-state index >= 15 is 0 Å². The van der Waals surface area contributed by atoms with Crippen LogP contribution in [0, 0.1) is 0 Å². The quantitative estimate of drug-likeness (QED) is 0.560. The van der Waals surface area contributed by atoms with Crippen LogP contribution in [0.5, 0.6) is 17.2 Å². The average Bonchev–Trinajstić information content (AvgIpc) is 2.63. The summed E-state index contributed by atoms with van der Waals surface area (Å²) >= 11 is 0. The van der Waals surface area contributed by atoms with E-state index in [1.54, 1.807) is 19.2 Å². The van der Waals surface area contributed by atoms with E-state index in [2.05, 4.69) is 27.8 Å². The Kier molecular flexibility index (Phi) is 6.31. The summed E-state index contributed by atoms with van der Waals surface area (Å²) in [6.45, 7) is 1.20. The zero-order chi connectivity index (χ0) is 17.4. The van der Waals surface area contributed by atoms with E-state index in [4.69, 9.17) is 9.47 Å².